The zero-order chi connectivity index (χ0) is 13.1. The third-order valence-corrected chi connectivity index (χ3v) is 2.51. The third kappa shape index (κ3) is 2.10. The van der Waals surface area contributed by atoms with Gasteiger partial charge in [0.15, 0.2) is 0 Å². The minimum Gasteiger partial charge on any atom is -0.469 e. The summed E-state index contributed by atoms with van der Waals surface area (Å²) in [5, 5.41) is 0.674. The van der Waals surface area contributed by atoms with E-state index in [-0.39, 0.29) is 13.0 Å². The van der Waals surface area contributed by atoms with Crippen LogP contribution in [0, 0.1) is 0 Å². The van der Waals surface area contributed by atoms with Crippen LogP contribution in [-0.2, 0) is 14.4 Å². The number of methoxy groups -OCH3 is 1. The van der Waals surface area contributed by atoms with Gasteiger partial charge < -0.3 is 4.74 Å². The van der Waals surface area contributed by atoms with Gasteiger partial charge in [-0.15, -0.1) is 5.06 Å². The number of amides is 2. The molecule has 0 spiro atoms. The second-order valence-corrected chi connectivity index (χ2v) is 3.61. The summed E-state index contributed by atoms with van der Waals surface area (Å²) in [5.41, 5.74) is 0.612. The van der Waals surface area contributed by atoms with Crippen LogP contribution < -0.4 is 0 Å². The average molecular weight is 249 g/mol. The summed E-state index contributed by atoms with van der Waals surface area (Å²) in [6.45, 7) is -0.0852. The number of ether oxygens (including phenoxy) is 1. The summed E-state index contributed by atoms with van der Waals surface area (Å²) in [4.78, 5) is 39.5. The molecule has 0 aromatic heterocycles. The van der Waals surface area contributed by atoms with E-state index in [2.05, 4.69) is 4.74 Å². The van der Waals surface area contributed by atoms with Crippen molar-refractivity contribution in [2.75, 3.05) is 13.7 Å². The summed E-state index contributed by atoms with van der Waals surface area (Å²) in [7, 11) is 1.25. The monoisotopic (exact) mass is 249 g/mol. The van der Waals surface area contributed by atoms with E-state index < -0.39 is 17.8 Å². The fourth-order valence-electron chi connectivity index (χ4n) is 1.61. The number of nitrogens with zero attached hydrogens (tertiary/aromatic N) is 1. The summed E-state index contributed by atoms with van der Waals surface area (Å²) in [5.74, 6) is -1.49. The molecule has 0 saturated carbocycles. The largest absolute Gasteiger partial charge is 0.469 e. The second-order valence-electron chi connectivity index (χ2n) is 3.61. The molecule has 0 N–H and O–H groups in total. The minimum atomic E-state index is -0.513. The maximum absolute atomic E-state index is 11.8. The van der Waals surface area contributed by atoms with Crippen LogP contribution in [0.15, 0.2) is 24.3 Å². The van der Waals surface area contributed by atoms with Crippen molar-refractivity contribution in [3.63, 3.8) is 0 Å². The first kappa shape index (κ1) is 12.3. The number of hydroxylamine groups is 2. The van der Waals surface area contributed by atoms with Crippen LogP contribution >= 0.6 is 0 Å². The van der Waals surface area contributed by atoms with Crippen LogP contribution in [0.2, 0.25) is 0 Å². The predicted molar refractivity (Wildman–Crippen MR) is 59.5 cm³/mol. The minimum absolute atomic E-state index is 0.0239. The molecule has 0 bridgehead atoms. The lowest BCUT2D eigenvalue weighted by molar-refractivity contribution is -0.146. The summed E-state index contributed by atoms with van der Waals surface area (Å²) in [6.07, 6.45) is -0.0239. The molecular weight excluding hydrogens is 238 g/mol. The topological polar surface area (TPSA) is 72.9 Å². The molecule has 18 heavy (non-hydrogen) atoms. The Balaban J connectivity index is 2.03. The molecule has 2 amide bonds. The van der Waals surface area contributed by atoms with E-state index in [1.165, 1.54) is 7.11 Å². The molecule has 1 aliphatic heterocycles. The molecular formula is C12H11NO5. The number of imide groups is 1. The molecule has 0 unspecified atom stereocenters. The van der Waals surface area contributed by atoms with Gasteiger partial charge in [-0.25, -0.2) is 0 Å². The Kier molecular flexibility index (Phi) is 3.38. The van der Waals surface area contributed by atoms with Crippen molar-refractivity contribution in [3.05, 3.63) is 35.4 Å². The molecule has 1 heterocycles. The molecule has 0 fully saturated rings. The molecule has 94 valence electrons. The molecule has 0 radical (unpaired) electrons. The Morgan fingerprint density at radius 1 is 1.17 bits per heavy atom. The summed E-state index contributed by atoms with van der Waals surface area (Å²) < 4.78 is 4.42. The normalized spacial score (nSPS) is 13.7. The standard InChI is InChI=1S/C12H11NO5/c1-17-10(14)6-7-18-13-11(15)8-4-2-3-5-9(8)12(13)16/h2-5H,6-7H2,1H3. The number of rotatable bonds is 4. The SMILES string of the molecule is COC(=O)CCON1C(=O)c2ccccc2C1=O. The zero-order valence-corrected chi connectivity index (χ0v) is 9.71. The fourth-order valence-corrected chi connectivity index (χ4v) is 1.61. The van der Waals surface area contributed by atoms with Gasteiger partial charge in [-0.05, 0) is 12.1 Å². The van der Waals surface area contributed by atoms with E-state index in [9.17, 15) is 14.4 Å². The van der Waals surface area contributed by atoms with Gasteiger partial charge in [0.05, 0.1) is 31.3 Å². The second kappa shape index (κ2) is 4.97. The molecule has 6 nitrogen and oxygen atoms in total. The lowest BCUT2D eigenvalue weighted by atomic mass is 10.1. The zero-order valence-electron chi connectivity index (χ0n) is 9.71. The first-order valence-corrected chi connectivity index (χ1v) is 5.32. The average Bonchev–Trinajstić information content (AvgIpc) is 2.64. The molecule has 0 aliphatic carbocycles. The van der Waals surface area contributed by atoms with E-state index in [4.69, 9.17) is 4.84 Å². The van der Waals surface area contributed by atoms with Gasteiger partial charge in [0.25, 0.3) is 11.8 Å². The quantitative estimate of drug-likeness (QED) is 0.582. The lowest BCUT2D eigenvalue weighted by Gasteiger charge is -2.12. The van der Waals surface area contributed by atoms with Crippen LogP contribution in [0.25, 0.3) is 0 Å². The summed E-state index contributed by atoms with van der Waals surface area (Å²) >= 11 is 0. The van der Waals surface area contributed by atoms with Gasteiger partial charge in [0.1, 0.15) is 0 Å². The van der Waals surface area contributed by atoms with Crippen molar-refractivity contribution in [2.45, 2.75) is 6.42 Å². The maximum atomic E-state index is 11.8. The Hall–Kier alpha value is -2.21. The number of hydrogen-bond donors (Lipinski definition) is 0. The number of fused-ring (bicyclic) bond motifs is 1. The number of carbonyl (C=O) groups is 3. The predicted octanol–water partition coefficient (Wildman–Crippen LogP) is 0.777. The highest BCUT2D eigenvalue weighted by Gasteiger charge is 2.36. The number of esters is 1. The third-order valence-electron chi connectivity index (χ3n) is 2.51. The van der Waals surface area contributed by atoms with Gasteiger partial charge >= 0.3 is 5.97 Å². The van der Waals surface area contributed by atoms with Gasteiger partial charge in [-0.1, -0.05) is 12.1 Å². The van der Waals surface area contributed by atoms with Crippen molar-refractivity contribution in [1.29, 1.82) is 0 Å². The molecule has 2 rings (SSSR count). The fraction of sp³-hybridized carbons (Fsp3) is 0.250. The summed E-state index contributed by atoms with van der Waals surface area (Å²) in [6, 6.07) is 6.45. The number of carbonyl (C=O) groups excluding carboxylic acids is 3. The number of benzene rings is 1. The Labute approximate surface area is 103 Å². The van der Waals surface area contributed by atoms with E-state index >= 15 is 0 Å². The van der Waals surface area contributed by atoms with Crippen molar-refractivity contribution in [2.24, 2.45) is 0 Å². The molecule has 1 aromatic carbocycles. The highest BCUT2D eigenvalue weighted by atomic mass is 16.7. The van der Waals surface area contributed by atoms with Crippen LogP contribution in [-0.4, -0.2) is 36.6 Å². The Morgan fingerprint density at radius 2 is 1.72 bits per heavy atom. The number of hydrogen-bond acceptors (Lipinski definition) is 5. The lowest BCUT2D eigenvalue weighted by Crippen LogP contribution is -2.30. The Bertz CT molecular complexity index is 476. The van der Waals surface area contributed by atoms with Crippen molar-refractivity contribution in [3.8, 4) is 0 Å². The molecule has 0 saturated heterocycles. The highest BCUT2D eigenvalue weighted by molar-refractivity contribution is 6.20. The highest BCUT2D eigenvalue weighted by Crippen LogP contribution is 2.22. The van der Waals surface area contributed by atoms with E-state index in [1.54, 1.807) is 24.3 Å². The van der Waals surface area contributed by atoms with Crippen molar-refractivity contribution < 1.29 is 24.0 Å². The van der Waals surface area contributed by atoms with Gasteiger partial charge in [-0.3, -0.25) is 19.2 Å². The molecule has 1 aliphatic rings. The van der Waals surface area contributed by atoms with Gasteiger partial charge in [-0.2, -0.15) is 0 Å². The molecule has 0 atom stereocenters. The van der Waals surface area contributed by atoms with Crippen molar-refractivity contribution in [1.82, 2.24) is 5.06 Å². The van der Waals surface area contributed by atoms with Crippen LogP contribution in [0.3, 0.4) is 0 Å². The van der Waals surface area contributed by atoms with Crippen LogP contribution in [0.1, 0.15) is 27.1 Å². The first-order valence-electron chi connectivity index (χ1n) is 5.32. The maximum Gasteiger partial charge on any atom is 0.307 e. The van der Waals surface area contributed by atoms with Gasteiger partial charge in [0.2, 0.25) is 0 Å². The Morgan fingerprint density at radius 3 is 2.22 bits per heavy atom. The van der Waals surface area contributed by atoms with E-state index in [0.29, 0.717) is 16.2 Å². The van der Waals surface area contributed by atoms with Gasteiger partial charge in [0, 0.05) is 0 Å². The van der Waals surface area contributed by atoms with Crippen LogP contribution in [0.4, 0.5) is 0 Å². The molecule has 6 heteroatoms. The first-order chi connectivity index (χ1) is 8.65. The smallest absolute Gasteiger partial charge is 0.307 e. The molecule has 1 aromatic rings. The van der Waals surface area contributed by atoms with Crippen molar-refractivity contribution >= 4 is 17.8 Å². The van der Waals surface area contributed by atoms with E-state index in [1.807, 2.05) is 0 Å². The van der Waals surface area contributed by atoms with Crippen LogP contribution in [0.5, 0.6) is 0 Å². The van der Waals surface area contributed by atoms with E-state index in [0.717, 1.165) is 0 Å².